The highest BCUT2D eigenvalue weighted by molar-refractivity contribution is 5.79. The number of guanidine groups is 1. The van der Waals surface area contributed by atoms with Gasteiger partial charge in [0.25, 0.3) is 0 Å². The van der Waals surface area contributed by atoms with Gasteiger partial charge in [-0.05, 0) is 75.2 Å². The summed E-state index contributed by atoms with van der Waals surface area (Å²) in [5.74, 6) is 1.80. The third kappa shape index (κ3) is 6.61. The number of hydrogen-bond acceptors (Lipinski definition) is 4. The average molecular weight is 417 g/mol. The molecule has 0 radical (unpaired) electrons. The Bertz CT molecular complexity index is 652. The summed E-state index contributed by atoms with van der Waals surface area (Å²) in [7, 11) is 3.58. The number of hydrogen-bond donors (Lipinski definition) is 2. The van der Waals surface area contributed by atoms with Crippen LogP contribution in [0.25, 0.3) is 0 Å². The fraction of sp³-hybridized carbons (Fsp3) is 0.708. The molecule has 0 bridgehead atoms. The van der Waals surface area contributed by atoms with Crippen LogP contribution in [0.3, 0.4) is 0 Å². The van der Waals surface area contributed by atoms with E-state index in [1.807, 2.05) is 7.05 Å². The van der Waals surface area contributed by atoms with E-state index in [1.54, 1.807) is 7.11 Å². The highest BCUT2D eigenvalue weighted by Crippen LogP contribution is 2.48. The van der Waals surface area contributed by atoms with Crippen LogP contribution >= 0.6 is 0 Å². The van der Waals surface area contributed by atoms with Crippen LogP contribution in [0.1, 0.15) is 57.1 Å². The lowest BCUT2D eigenvalue weighted by atomic mass is 10.0. The van der Waals surface area contributed by atoms with Crippen LogP contribution in [0.15, 0.2) is 29.3 Å². The molecule has 1 saturated carbocycles. The monoisotopic (exact) mass is 416 g/mol. The smallest absolute Gasteiger partial charge is 0.191 e. The predicted octanol–water partition coefficient (Wildman–Crippen LogP) is 3.59. The summed E-state index contributed by atoms with van der Waals surface area (Å²) >= 11 is 0. The molecular formula is C24H40N4O2. The van der Waals surface area contributed by atoms with Gasteiger partial charge < -0.3 is 20.1 Å². The Labute approximate surface area is 182 Å². The quantitative estimate of drug-likeness (QED) is 0.328. The maximum absolute atomic E-state index is 5.57. The summed E-state index contributed by atoms with van der Waals surface area (Å²) in [6, 6.07) is 8.86. The summed E-state index contributed by atoms with van der Waals surface area (Å²) in [6.45, 7) is 7.85. The van der Waals surface area contributed by atoms with E-state index in [0.717, 1.165) is 57.5 Å². The molecule has 1 aliphatic heterocycles. The Balaban J connectivity index is 1.56. The fourth-order valence-electron chi connectivity index (χ4n) is 4.32. The molecule has 1 saturated heterocycles. The molecule has 2 N–H and O–H groups in total. The lowest BCUT2D eigenvalue weighted by Gasteiger charge is -2.35. The number of aliphatic imine (C=N–C) groups is 1. The van der Waals surface area contributed by atoms with E-state index in [9.17, 15) is 0 Å². The Morgan fingerprint density at radius 1 is 1.13 bits per heavy atom. The molecule has 3 rings (SSSR count). The number of likely N-dealkylation sites (tertiary alicyclic amines) is 1. The van der Waals surface area contributed by atoms with Crippen molar-refractivity contribution in [2.75, 3.05) is 53.6 Å². The molecule has 0 spiro atoms. The van der Waals surface area contributed by atoms with Gasteiger partial charge in [0.05, 0.1) is 13.2 Å². The van der Waals surface area contributed by atoms with Gasteiger partial charge in [-0.1, -0.05) is 18.6 Å². The van der Waals surface area contributed by atoms with E-state index in [2.05, 4.69) is 51.7 Å². The topological polar surface area (TPSA) is 58.1 Å². The van der Waals surface area contributed by atoms with E-state index in [0.29, 0.717) is 11.5 Å². The Hall–Kier alpha value is -1.79. The number of benzene rings is 1. The van der Waals surface area contributed by atoms with Gasteiger partial charge in [-0.2, -0.15) is 0 Å². The Morgan fingerprint density at radius 2 is 1.87 bits per heavy atom. The number of nitrogens with zero attached hydrogens (tertiary/aromatic N) is 2. The van der Waals surface area contributed by atoms with Crippen molar-refractivity contribution in [1.29, 1.82) is 0 Å². The first-order valence-corrected chi connectivity index (χ1v) is 11.6. The van der Waals surface area contributed by atoms with Crippen molar-refractivity contribution in [3.63, 3.8) is 0 Å². The summed E-state index contributed by atoms with van der Waals surface area (Å²) in [5, 5.41) is 7.17. The molecule has 1 aromatic carbocycles. The van der Waals surface area contributed by atoms with Gasteiger partial charge in [0.15, 0.2) is 5.96 Å². The first-order valence-electron chi connectivity index (χ1n) is 11.6. The Kier molecular flexibility index (Phi) is 8.82. The number of methoxy groups -OCH3 is 1. The highest BCUT2D eigenvalue weighted by atomic mass is 16.5. The van der Waals surface area contributed by atoms with E-state index < -0.39 is 0 Å². The van der Waals surface area contributed by atoms with Gasteiger partial charge in [-0.25, -0.2) is 0 Å². The standard InChI is InChI=1S/C24H40N4O2/c1-4-30-17-14-24(12-13-24)19-27-23(25-2)26-18-22(28-15-6-5-7-16-28)20-8-10-21(29-3)11-9-20/h8-11,22H,4-7,12-19H2,1-3H3,(H2,25,26,27). The molecule has 0 amide bonds. The second-order valence-electron chi connectivity index (χ2n) is 8.64. The molecule has 1 aromatic rings. The minimum atomic E-state index is 0.336. The van der Waals surface area contributed by atoms with Crippen LogP contribution in [0.5, 0.6) is 5.75 Å². The number of ether oxygens (including phenoxy) is 2. The van der Waals surface area contributed by atoms with Crippen molar-refractivity contribution in [2.24, 2.45) is 10.4 Å². The Morgan fingerprint density at radius 3 is 2.47 bits per heavy atom. The van der Waals surface area contributed by atoms with Crippen molar-refractivity contribution in [2.45, 2.75) is 51.5 Å². The molecule has 1 aliphatic carbocycles. The van der Waals surface area contributed by atoms with Crippen LogP contribution in [0, 0.1) is 5.41 Å². The van der Waals surface area contributed by atoms with Crippen molar-refractivity contribution in [3.05, 3.63) is 29.8 Å². The van der Waals surface area contributed by atoms with Gasteiger partial charge in [0.2, 0.25) is 0 Å². The van der Waals surface area contributed by atoms with Crippen LogP contribution in [0.4, 0.5) is 0 Å². The maximum atomic E-state index is 5.57. The van der Waals surface area contributed by atoms with Crippen molar-refractivity contribution < 1.29 is 9.47 Å². The normalized spacial score (nSPS) is 19.9. The van der Waals surface area contributed by atoms with Gasteiger partial charge in [0.1, 0.15) is 5.75 Å². The van der Waals surface area contributed by atoms with Crippen LogP contribution in [-0.2, 0) is 4.74 Å². The summed E-state index contributed by atoms with van der Waals surface area (Å²) < 4.78 is 10.9. The second kappa shape index (κ2) is 11.6. The van der Waals surface area contributed by atoms with E-state index in [-0.39, 0.29) is 0 Å². The fourth-order valence-corrected chi connectivity index (χ4v) is 4.32. The molecule has 168 valence electrons. The third-order valence-corrected chi connectivity index (χ3v) is 6.59. The maximum Gasteiger partial charge on any atom is 0.191 e. The number of rotatable bonds is 11. The summed E-state index contributed by atoms with van der Waals surface area (Å²) in [6.07, 6.45) is 7.60. The van der Waals surface area contributed by atoms with Crippen LogP contribution in [-0.4, -0.2) is 64.4 Å². The van der Waals surface area contributed by atoms with Gasteiger partial charge in [-0.3, -0.25) is 9.89 Å². The molecule has 1 heterocycles. The molecule has 2 fully saturated rings. The van der Waals surface area contributed by atoms with E-state index in [1.165, 1.54) is 37.7 Å². The van der Waals surface area contributed by atoms with Gasteiger partial charge >= 0.3 is 0 Å². The SMILES string of the molecule is CCOCCC1(CNC(=NC)NCC(c2ccc(OC)cc2)N2CCCCC2)CC1. The summed E-state index contributed by atoms with van der Waals surface area (Å²) in [5.41, 5.74) is 1.73. The summed E-state index contributed by atoms with van der Waals surface area (Å²) in [4.78, 5) is 7.09. The van der Waals surface area contributed by atoms with Gasteiger partial charge in [0, 0.05) is 33.4 Å². The zero-order valence-electron chi connectivity index (χ0n) is 19.1. The lowest BCUT2D eigenvalue weighted by molar-refractivity contribution is 0.128. The second-order valence-corrected chi connectivity index (χ2v) is 8.64. The van der Waals surface area contributed by atoms with Crippen molar-refractivity contribution >= 4 is 5.96 Å². The zero-order valence-corrected chi connectivity index (χ0v) is 19.1. The van der Waals surface area contributed by atoms with E-state index >= 15 is 0 Å². The van der Waals surface area contributed by atoms with E-state index in [4.69, 9.17) is 9.47 Å². The minimum absolute atomic E-state index is 0.336. The molecule has 30 heavy (non-hydrogen) atoms. The number of piperidine rings is 1. The largest absolute Gasteiger partial charge is 0.497 e. The molecule has 0 aromatic heterocycles. The molecule has 1 unspecified atom stereocenters. The van der Waals surface area contributed by atoms with Crippen molar-refractivity contribution in [1.82, 2.24) is 15.5 Å². The zero-order chi connectivity index (χ0) is 21.2. The molecule has 6 nitrogen and oxygen atoms in total. The molecule has 2 aliphatic rings. The first kappa shape index (κ1) is 22.9. The van der Waals surface area contributed by atoms with Gasteiger partial charge in [-0.15, -0.1) is 0 Å². The van der Waals surface area contributed by atoms with Crippen LogP contribution in [0.2, 0.25) is 0 Å². The molecular weight excluding hydrogens is 376 g/mol. The predicted molar refractivity (Wildman–Crippen MR) is 123 cm³/mol. The molecule has 6 heteroatoms. The lowest BCUT2D eigenvalue weighted by Crippen LogP contribution is -2.45. The third-order valence-electron chi connectivity index (χ3n) is 6.59. The average Bonchev–Trinajstić information content (AvgIpc) is 3.57. The van der Waals surface area contributed by atoms with Crippen LogP contribution < -0.4 is 15.4 Å². The van der Waals surface area contributed by atoms with Crippen molar-refractivity contribution in [3.8, 4) is 5.75 Å². The first-order chi connectivity index (χ1) is 14.7. The molecule has 1 atom stereocenters. The minimum Gasteiger partial charge on any atom is -0.497 e. The number of nitrogens with one attached hydrogen (secondary N) is 2. The highest BCUT2D eigenvalue weighted by Gasteiger charge is 2.42.